The first-order valence-electron chi connectivity index (χ1n) is 6.24. The van der Waals surface area contributed by atoms with E-state index in [4.69, 9.17) is 0 Å². The molecule has 0 spiro atoms. The summed E-state index contributed by atoms with van der Waals surface area (Å²) in [4.78, 5) is 4.63. The van der Waals surface area contributed by atoms with Crippen LogP contribution in [0.25, 0.3) is 10.6 Å². The zero-order valence-electron chi connectivity index (χ0n) is 10.9. The number of pyridine rings is 1. The molecule has 0 radical (unpaired) electrons. The summed E-state index contributed by atoms with van der Waals surface area (Å²) in [6.45, 7) is 0. The smallest absolute Gasteiger partial charge is 0.251 e. The van der Waals surface area contributed by atoms with Gasteiger partial charge in [-0.2, -0.15) is 4.73 Å². The Morgan fingerprint density at radius 2 is 2.14 bits per heavy atom. The van der Waals surface area contributed by atoms with Crippen molar-refractivity contribution in [3.8, 4) is 10.6 Å². The average molecular weight is 379 g/mol. The van der Waals surface area contributed by atoms with Gasteiger partial charge in [0.05, 0.1) is 5.69 Å². The van der Waals surface area contributed by atoms with E-state index in [9.17, 15) is 5.21 Å². The molecule has 0 N–H and O–H groups in total. The lowest BCUT2D eigenvalue weighted by Crippen LogP contribution is -2.27. The number of benzene rings is 1. The molecule has 2 heterocycles. The summed E-state index contributed by atoms with van der Waals surface area (Å²) in [5, 5.41) is 15.3. The highest BCUT2D eigenvalue weighted by molar-refractivity contribution is 9.10. The number of hydrogen-bond acceptors (Lipinski definition) is 4. The standard InChI is InChI=1S/C15H11BrN2OS2/c16-12-5-3-4-11(8-12)15-17-13(10-21-15)9-20-14-6-1-2-7-18(14)19/h1-8,10H,9H2. The molecular formula is C15H11BrN2OS2. The van der Waals surface area contributed by atoms with Crippen molar-refractivity contribution in [2.24, 2.45) is 0 Å². The van der Waals surface area contributed by atoms with Crippen molar-refractivity contribution >= 4 is 39.0 Å². The highest BCUT2D eigenvalue weighted by Crippen LogP contribution is 2.28. The fraction of sp³-hybridized carbons (Fsp3) is 0.0667. The molecule has 0 atom stereocenters. The predicted molar refractivity (Wildman–Crippen MR) is 90.2 cm³/mol. The molecule has 3 rings (SSSR count). The summed E-state index contributed by atoms with van der Waals surface area (Å²) in [6.07, 6.45) is 1.51. The van der Waals surface area contributed by atoms with E-state index < -0.39 is 0 Å². The van der Waals surface area contributed by atoms with Crippen LogP contribution >= 0.6 is 39.0 Å². The summed E-state index contributed by atoms with van der Waals surface area (Å²) in [7, 11) is 0. The second-order valence-electron chi connectivity index (χ2n) is 4.31. The van der Waals surface area contributed by atoms with Crippen LogP contribution in [-0.2, 0) is 5.75 Å². The molecule has 6 heteroatoms. The molecule has 0 unspecified atom stereocenters. The minimum absolute atomic E-state index is 0.689. The molecule has 0 amide bonds. The van der Waals surface area contributed by atoms with Crippen molar-refractivity contribution < 1.29 is 4.73 Å². The normalized spacial score (nSPS) is 10.7. The number of thiazole rings is 1. The third-order valence-corrected chi connectivity index (χ3v) is 5.27. The minimum Gasteiger partial charge on any atom is -0.618 e. The largest absolute Gasteiger partial charge is 0.618 e. The first kappa shape index (κ1) is 14.6. The van der Waals surface area contributed by atoms with E-state index in [1.807, 2.05) is 35.7 Å². The molecule has 0 aliphatic rings. The van der Waals surface area contributed by atoms with E-state index >= 15 is 0 Å². The minimum atomic E-state index is 0.689. The van der Waals surface area contributed by atoms with Gasteiger partial charge in [0.1, 0.15) is 5.01 Å². The number of halogens is 1. The van der Waals surface area contributed by atoms with Gasteiger partial charge in [-0.1, -0.05) is 28.1 Å². The van der Waals surface area contributed by atoms with Crippen LogP contribution in [-0.4, -0.2) is 4.98 Å². The first-order chi connectivity index (χ1) is 10.2. The average Bonchev–Trinajstić information content (AvgIpc) is 2.95. The Hall–Kier alpha value is -1.37. The third kappa shape index (κ3) is 3.64. The van der Waals surface area contributed by atoms with E-state index in [1.165, 1.54) is 18.0 Å². The second-order valence-corrected chi connectivity index (χ2v) is 7.08. The molecule has 0 saturated heterocycles. The molecule has 3 nitrogen and oxygen atoms in total. The molecule has 0 fully saturated rings. The van der Waals surface area contributed by atoms with Gasteiger partial charge >= 0.3 is 0 Å². The van der Waals surface area contributed by atoms with Crippen molar-refractivity contribution in [1.82, 2.24) is 4.98 Å². The fourth-order valence-electron chi connectivity index (χ4n) is 1.80. The third-order valence-electron chi connectivity index (χ3n) is 2.78. The molecule has 0 bridgehead atoms. The van der Waals surface area contributed by atoms with Crippen LogP contribution in [0.1, 0.15) is 5.69 Å². The lowest BCUT2D eigenvalue weighted by Gasteiger charge is -2.01. The Labute approximate surface area is 139 Å². The maximum Gasteiger partial charge on any atom is 0.251 e. The van der Waals surface area contributed by atoms with Crippen LogP contribution in [0.3, 0.4) is 0 Å². The van der Waals surface area contributed by atoms with Gasteiger partial charge in [0.25, 0.3) is 5.03 Å². The van der Waals surface area contributed by atoms with Crippen molar-refractivity contribution in [3.63, 3.8) is 0 Å². The summed E-state index contributed by atoms with van der Waals surface area (Å²) in [5.41, 5.74) is 2.09. The van der Waals surface area contributed by atoms with Crippen LogP contribution in [0.15, 0.2) is 63.5 Å². The highest BCUT2D eigenvalue weighted by atomic mass is 79.9. The molecule has 1 aromatic carbocycles. The van der Waals surface area contributed by atoms with Gasteiger partial charge < -0.3 is 5.21 Å². The van der Waals surface area contributed by atoms with E-state index in [0.29, 0.717) is 10.8 Å². The van der Waals surface area contributed by atoms with E-state index in [1.54, 1.807) is 17.4 Å². The number of hydrogen-bond donors (Lipinski definition) is 0. The van der Waals surface area contributed by atoms with Crippen LogP contribution in [0, 0.1) is 5.21 Å². The van der Waals surface area contributed by atoms with Gasteiger partial charge in [0.15, 0.2) is 6.20 Å². The summed E-state index contributed by atoms with van der Waals surface area (Å²) in [5.74, 6) is 0.691. The van der Waals surface area contributed by atoms with Gasteiger partial charge in [0.2, 0.25) is 0 Å². The quantitative estimate of drug-likeness (QED) is 0.381. The molecule has 2 aromatic heterocycles. The van der Waals surface area contributed by atoms with E-state index in [0.717, 1.165) is 25.5 Å². The van der Waals surface area contributed by atoms with Crippen LogP contribution in [0.2, 0.25) is 0 Å². The lowest BCUT2D eigenvalue weighted by atomic mass is 10.2. The predicted octanol–water partition coefficient (Wildman–Crippen LogP) is 4.50. The number of nitrogens with zero attached hydrogens (tertiary/aromatic N) is 2. The number of thioether (sulfide) groups is 1. The number of aromatic nitrogens is 2. The van der Waals surface area contributed by atoms with Crippen molar-refractivity contribution in [3.05, 3.63) is 69.4 Å². The van der Waals surface area contributed by atoms with Gasteiger partial charge in [-0.3, -0.25) is 0 Å². The molecule has 21 heavy (non-hydrogen) atoms. The highest BCUT2D eigenvalue weighted by Gasteiger charge is 2.09. The molecule has 0 aliphatic heterocycles. The molecular weight excluding hydrogens is 368 g/mol. The summed E-state index contributed by atoms with van der Waals surface area (Å²) in [6, 6.07) is 13.5. The Kier molecular flexibility index (Phi) is 4.57. The zero-order valence-corrected chi connectivity index (χ0v) is 14.1. The number of rotatable bonds is 4. The summed E-state index contributed by atoms with van der Waals surface area (Å²) < 4.78 is 1.93. The topological polar surface area (TPSA) is 39.8 Å². The van der Waals surface area contributed by atoms with Gasteiger partial charge in [0, 0.05) is 33.3 Å². The lowest BCUT2D eigenvalue weighted by molar-refractivity contribution is -0.645. The van der Waals surface area contributed by atoms with Crippen molar-refractivity contribution in [2.45, 2.75) is 10.8 Å². The van der Waals surface area contributed by atoms with E-state index in [-0.39, 0.29) is 0 Å². The molecule has 0 aliphatic carbocycles. The Bertz CT molecular complexity index is 761. The maximum atomic E-state index is 11.6. The van der Waals surface area contributed by atoms with Crippen molar-refractivity contribution in [1.29, 1.82) is 0 Å². The monoisotopic (exact) mass is 378 g/mol. The van der Waals surface area contributed by atoms with E-state index in [2.05, 4.69) is 27.0 Å². The van der Waals surface area contributed by atoms with Gasteiger partial charge in [-0.05, 0) is 30.0 Å². The van der Waals surface area contributed by atoms with Crippen LogP contribution in [0.4, 0.5) is 0 Å². The fourth-order valence-corrected chi connectivity index (χ4v) is 3.93. The Morgan fingerprint density at radius 3 is 2.95 bits per heavy atom. The molecule has 0 saturated carbocycles. The molecule has 106 valence electrons. The van der Waals surface area contributed by atoms with Crippen LogP contribution < -0.4 is 4.73 Å². The Morgan fingerprint density at radius 1 is 1.24 bits per heavy atom. The van der Waals surface area contributed by atoms with Gasteiger partial charge in [-0.15, -0.1) is 11.3 Å². The Balaban J connectivity index is 1.72. The summed E-state index contributed by atoms with van der Waals surface area (Å²) >= 11 is 6.59. The van der Waals surface area contributed by atoms with Gasteiger partial charge in [-0.25, -0.2) is 4.98 Å². The first-order valence-corrected chi connectivity index (χ1v) is 8.89. The van der Waals surface area contributed by atoms with Crippen molar-refractivity contribution in [2.75, 3.05) is 0 Å². The second kappa shape index (κ2) is 6.60. The maximum absolute atomic E-state index is 11.6. The SMILES string of the molecule is [O-][n+]1ccccc1SCc1csc(-c2cccc(Br)c2)n1. The zero-order chi connectivity index (χ0) is 14.7. The van der Waals surface area contributed by atoms with Crippen LogP contribution in [0.5, 0.6) is 0 Å². The molecule has 3 aromatic rings.